The highest BCUT2D eigenvalue weighted by Gasteiger charge is 2.39. The third-order valence-electron chi connectivity index (χ3n) is 6.39. The molecule has 1 aliphatic carbocycles. The number of alkyl halides is 4. The van der Waals surface area contributed by atoms with E-state index in [1.807, 2.05) is 6.92 Å². The summed E-state index contributed by atoms with van der Waals surface area (Å²) < 4.78 is 45.3. The smallest absolute Gasteiger partial charge is 0.378 e. The lowest BCUT2D eigenvalue weighted by Gasteiger charge is -2.32. The van der Waals surface area contributed by atoms with Crippen LogP contribution in [0.3, 0.4) is 0 Å². The standard InChI is InChI=1S/C23H23Cl2F3N2O2/c1-12-14-3-5-17(23(26,27)28)13(2)21(14)29-19(12)11-16-18(24)6-4-15(20(16)25)22(31)30-7-9-32-10-8-30/h3-6,12,16,20H,7-11H2,1-2H3. The molecule has 1 amide bonds. The monoisotopic (exact) mass is 486 g/mol. The van der Waals surface area contributed by atoms with Gasteiger partial charge in [-0.05, 0) is 36.6 Å². The highest BCUT2D eigenvalue weighted by Crippen LogP contribution is 2.46. The Bertz CT molecular complexity index is 1030. The van der Waals surface area contributed by atoms with Crippen LogP contribution in [0.2, 0.25) is 0 Å². The Balaban J connectivity index is 1.57. The molecule has 3 unspecified atom stereocenters. The molecule has 3 aliphatic rings. The van der Waals surface area contributed by atoms with Gasteiger partial charge in [0.15, 0.2) is 0 Å². The number of hydrogen-bond donors (Lipinski definition) is 0. The van der Waals surface area contributed by atoms with Crippen LogP contribution in [0.4, 0.5) is 18.9 Å². The Morgan fingerprint density at radius 1 is 1.25 bits per heavy atom. The number of amides is 1. The molecule has 172 valence electrons. The number of morpholine rings is 1. The average molecular weight is 487 g/mol. The minimum absolute atomic E-state index is 0.118. The number of benzene rings is 1. The first-order valence-corrected chi connectivity index (χ1v) is 11.3. The highest BCUT2D eigenvalue weighted by molar-refractivity contribution is 6.33. The number of rotatable bonds is 3. The van der Waals surface area contributed by atoms with Crippen molar-refractivity contribution in [1.82, 2.24) is 4.90 Å². The van der Waals surface area contributed by atoms with E-state index < -0.39 is 17.1 Å². The summed E-state index contributed by atoms with van der Waals surface area (Å²) in [6, 6.07) is 2.61. The molecule has 1 fully saturated rings. The Morgan fingerprint density at radius 3 is 2.59 bits per heavy atom. The summed E-state index contributed by atoms with van der Waals surface area (Å²) in [4.78, 5) is 19.3. The van der Waals surface area contributed by atoms with Gasteiger partial charge in [-0.15, -0.1) is 11.6 Å². The van der Waals surface area contributed by atoms with Crippen molar-refractivity contribution in [3.05, 3.63) is 51.6 Å². The van der Waals surface area contributed by atoms with Crippen LogP contribution in [-0.4, -0.2) is 48.2 Å². The summed E-state index contributed by atoms with van der Waals surface area (Å²) in [5, 5.41) is -0.157. The fourth-order valence-electron chi connectivity index (χ4n) is 4.47. The topological polar surface area (TPSA) is 41.9 Å². The van der Waals surface area contributed by atoms with Crippen molar-refractivity contribution in [3.8, 4) is 0 Å². The van der Waals surface area contributed by atoms with Crippen molar-refractivity contribution in [2.24, 2.45) is 10.9 Å². The van der Waals surface area contributed by atoms with Crippen LogP contribution < -0.4 is 0 Å². The van der Waals surface area contributed by atoms with Gasteiger partial charge in [0, 0.05) is 41.2 Å². The number of ether oxygens (including phenoxy) is 1. The lowest BCUT2D eigenvalue weighted by atomic mass is 9.84. The molecular weight excluding hydrogens is 464 g/mol. The summed E-state index contributed by atoms with van der Waals surface area (Å²) in [5.41, 5.74) is 1.73. The normalized spacial score (nSPS) is 25.8. The van der Waals surface area contributed by atoms with Crippen molar-refractivity contribution in [1.29, 1.82) is 0 Å². The predicted octanol–water partition coefficient (Wildman–Crippen LogP) is 5.74. The van der Waals surface area contributed by atoms with E-state index in [0.29, 0.717) is 54.7 Å². The minimum Gasteiger partial charge on any atom is -0.378 e. The van der Waals surface area contributed by atoms with Gasteiger partial charge < -0.3 is 9.64 Å². The fourth-order valence-corrected chi connectivity index (χ4v) is 5.20. The summed E-state index contributed by atoms with van der Waals surface area (Å²) in [6.07, 6.45) is -0.744. The molecule has 1 aromatic carbocycles. The molecule has 0 bridgehead atoms. The van der Waals surface area contributed by atoms with Gasteiger partial charge >= 0.3 is 6.18 Å². The van der Waals surface area contributed by atoms with E-state index in [4.69, 9.17) is 27.9 Å². The fraction of sp³-hybridized carbons (Fsp3) is 0.478. The number of allylic oxidation sites excluding steroid dienone is 3. The summed E-state index contributed by atoms with van der Waals surface area (Å²) in [7, 11) is 0. The lowest BCUT2D eigenvalue weighted by molar-refractivity contribution is -0.138. The van der Waals surface area contributed by atoms with Crippen molar-refractivity contribution in [3.63, 3.8) is 0 Å². The summed E-state index contributed by atoms with van der Waals surface area (Å²) in [5.74, 6) is -0.695. The first-order chi connectivity index (χ1) is 15.1. The van der Waals surface area contributed by atoms with Gasteiger partial charge in [0.05, 0.1) is 29.8 Å². The van der Waals surface area contributed by atoms with Gasteiger partial charge in [0.25, 0.3) is 5.91 Å². The maximum atomic E-state index is 13.3. The second kappa shape index (κ2) is 8.84. The molecule has 4 nitrogen and oxygen atoms in total. The van der Waals surface area contributed by atoms with Gasteiger partial charge in [-0.25, -0.2) is 0 Å². The Kier molecular flexibility index (Phi) is 6.45. The average Bonchev–Trinajstić information content (AvgIpc) is 3.07. The van der Waals surface area contributed by atoms with E-state index in [-0.39, 0.29) is 23.3 Å². The second-order valence-electron chi connectivity index (χ2n) is 8.29. The lowest BCUT2D eigenvalue weighted by Crippen LogP contribution is -2.43. The zero-order chi connectivity index (χ0) is 23.2. The number of nitrogens with zero attached hydrogens (tertiary/aromatic N) is 2. The summed E-state index contributed by atoms with van der Waals surface area (Å²) in [6.45, 7) is 5.33. The third kappa shape index (κ3) is 4.22. The number of carbonyl (C=O) groups excluding carboxylic acids is 1. The number of carbonyl (C=O) groups is 1. The van der Waals surface area contributed by atoms with Crippen molar-refractivity contribution in [2.75, 3.05) is 26.3 Å². The zero-order valence-corrected chi connectivity index (χ0v) is 19.2. The van der Waals surface area contributed by atoms with Crippen LogP contribution in [0.15, 0.2) is 39.9 Å². The maximum absolute atomic E-state index is 13.3. The van der Waals surface area contributed by atoms with Gasteiger partial charge in [-0.3, -0.25) is 9.79 Å². The van der Waals surface area contributed by atoms with Crippen LogP contribution in [0.25, 0.3) is 0 Å². The molecule has 0 radical (unpaired) electrons. The molecule has 9 heteroatoms. The quantitative estimate of drug-likeness (QED) is 0.511. The highest BCUT2D eigenvalue weighted by atomic mass is 35.5. The molecule has 0 spiro atoms. The van der Waals surface area contributed by atoms with Gasteiger partial charge in [0.1, 0.15) is 0 Å². The van der Waals surface area contributed by atoms with Crippen LogP contribution in [0, 0.1) is 12.8 Å². The van der Waals surface area contributed by atoms with Crippen LogP contribution in [0.5, 0.6) is 0 Å². The molecule has 4 rings (SSSR count). The Morgan fingerprint density at radius 2 is 1.94 bits per heavy atom. The predicted molar refractivity (Wildman–Crippen MR) is 119 cm³/mol. The van der Waals surface area contributed by atoms with E-state index in [1.165, 1.54) is 13.0 Å². The summed E-state index contributed by atoms with van der Waals surface area (Å²) >= 11 is 13.2. The number of aliphatic imine (C=N–C) groups is 1. The van der Waals surface area contributed by atoms with Crippen LogP contribution >= 0.6 is 23.2 Å². The van der Waals surface area contributed by atoms with Crippen LogP contribution in [0.1, 0.15) is 36.0 Å². The van der Waals surface area contributed by atoms with Gasteiger partial charge in [-0.1, -0.05) is 30.7 Å². The Hall–Kier alpha value is -1.83. The molecule has 0 aromatic heterocycles. The largest absolute Gasteiger partial charge is 0.416 e. The van der Waals surface area contributed by atoms with E-state index in [2.05, 4.69) is 4.99 Å². The van der Waals surface area contributed by atoms with E-state index in [9.17, 15) is 18.0 Å². The number of halogens is 5. The molecule has 32 heavy (non-hydrogen) atoms. The molecule has 0 N–H and O–H groups in total. The van der Waals surface area contributed by atoms with Crippen molar-refractivity contribution < 1.29 is 22.7 Å². The van der Waals surface area contributed by atoms with E-state index >= 15 is 0 Å². The molecule has 2 heterocycles. The minimum atomic E-state index is -4.43. The molecule has 3 atom stereocenters. The molecule has 0 saturated carbocycles. The molecule has 1 aromatic rings. The second-order valence-corrected chi connectivity index (χ2v) is 9.20. The molecular formula is C23H23Cl2F3N2O2. The third-order valence-corrected chi connectivity index (χ3v) is 7.34. The number of fused-ring (bicyclic) bond motifs is 1. The molecule has 2 aliphatic heterocycles. The first kappa shape index (κ1) is 23.3. The van der Waals surface area contributed by atoms with Crippen LogP contribution in [-0.2, 0) is 15.7 Å². The SMILES string of the molecule is Cc1c(C(F)(F)F)ccc2c1N=C(CC1C(Cl)=CC=C(C(=O)N3CCOCC3)C1Cl)C2C. The maximum Gasteiger partial charge on any atom is 0.416 e. The van der Waals surface area contributed by atoms with Gasteiger partial charge in [-0.2, -0.15) is 13.2 Å². The van der Waals surface area contributed by atoms with E-state index in [1.54, 1.807) is 17.1 Å². The van der Waals surface area contributed by atoms with Crippen molar-refractivity contribution in [2.45, 2.75) is 37.7 Å². The van der Waals surface area contributed by atoms with Crippen molar-refractivity contribution >= 4 is 40.5 Å². The van der Waals surface area contributed by atoms with Gasteiger partial charge in [0.2, 0.25) is 0 Å². The number of hydrogen-bond acceptors (Lipinski definition) is 3. The Labute approximate surface area is 194 Å². The van der Waals surface area contributed by atoms with E-state index in [0.717, 1.165) is 11.6 Å². The zero-order valence-electron chi connectivity index (χ0n) is 17.7. The molecule has 1 saturated heterocycles. The first-order valence-electron chi connectivity index (χ1n) is 10.5.